The molecule has 11 aliphatic rings. The zero-order valence-corrected chi connectivity index (χ0v) is 90.4. The molecule has 19 nitrogen and oxygen atoms in total. The molecule has 0 N–H and O–H groups in total. The van der Waals surface area contributed by atoms with Crippen molar-refractivity contribution in [1.29, 1.82) is 0 Å². The summed E-state index contributed by atoms with van der Waals surface area (Å²) in [5.41, 5.74) is 7.10. The van der Waals surface area contributed by atoms with Gasteiger partial charge in [-0.25, -0.2) is 14.8 Å². The van der Waals surface area contributed by atoms with Gasteiger partial charge in [-0.1, -0.05) is 118 Å². The lowest BCUT2D eigenvalue weighted by atomic mass is 9.76. The number of ether oxygens (including phenoxy) is 2. The highest BCUT2D eigenvalue weighted by atomic mass is 16.5. The topological polar surface area (TPSA) is 110 Å². The summed E-state index contributed by atoms with van der Waals surface area (Å²) in [5, 5.41) is 0. The number of carbonyl (C=O) groups is 1. The summed E-state index contributed by atoms with van der Waals surface area (Å²) in [4.78, 5) is 52.4. The van der Waals surface area contributed by atoms with Gasteiger partial charge in [0.25, 0.3) is 0 Å². The third-order valence-electron chi connectivity index (χ3n) is 32.5. The normalized spacial score (nSPS) is 25.6. The van der Waals surface area contributed by atoms with Gasteiger partial charge >= 0.3 is 6.03 Å². The third kappa shape index (κ3) is 32.1. The second kappa shape index (κ2) is 53.2. The molecular formula is C112H202N16O3. The molecule has 4 aromatic rings. The van der Waals surface area contributed by atoms with E-state index in [9.17, 15) is 4.79 Å². The summed E-state index contributed by atoms with van der Waals surface area (Å²) in [6, 6.07) is 26.6. The Morgan fingerprint density at radius 3 is 1.09 bits per heavy atom. The van der Waals surface area contributed by atoms with Crippen molar-refractivity contribution in [2.75, 3.05) is 145 Å². The van der Waals surface area contributed by atoms with Crippen LogP contribution in [0.5, 0.6) is 0 Å². The highest BCUT2D eigenvalue weighted by molar-refractivity contribution is 5.75. The first-order chi connectivity index (χ1) is 62.2. The molecule has 748 valence electrons. The summed E-state index contributed by atoms with van der Waals surface area (Å²) in [5.74, 6) is 9.99. The van der Waals surface area contributed by atoms with Crippen LogP contribution in [0.4, 0.5) is 4.79 Å². The molecule has 15 rings (SSSR count). The second-order valence-corrected chi connectivity index (χ2v) is 46.0. The molecule has 0 spiro atoms. The number of rotatable bonds is 27. The quantitative estimate of drug-likeness (QED) is 0.0564. The number of likely N-dealkylation sites (tertiary alicyclic amines) is 5. The van der Waals surface area contributed by atoms with Crippen molar-refractivity contribution in [3.63, 3.8) is 0 Å². The first-order valence-corrected chi connectivity index (χ1v) is 54.2. The van der Waals surface area contributed by atoms with Gasteiger partial charge in [0.15, 0.2) is 0 Å². The molecule has 9 heterocycles. The molecule has 19 heteroatoms. The van der Waals surface area contributed by atoms with Crippen LogP contribution in [0.15, 0.2) is 60.9 Å². The molecule has 7 aliphatic heterocycles. The van der Waals surface area contributed by atoms with Gasteiger partial charge in [0.05, 0.1) is 48.2 Å². The highest BCUT2D eigenvalue weighted by Crippen LogP contribution is 2.41. The fraction of sp³-hybridized carbons (Fsp3) is 0.830. The molecular weight excluding hydrogens is 1620 g/mol. The van der Waals surface area contributed by atoms with E-state index in [4.69, 9.17) is 9.47 Å². The van der Waals surface area contributed by atoms with Crippen LogP contribution >= 0.6 is 0 Å². The number of amides is 2. The fourth-order valence-electron chi connectivity index (χ4n) is 23.4. The lowest BCUT2D eigenvalue weighted by Gasteiger charge is -2.50. The SMILES string of the molecule is CC.CC(C)C1CCC(N2CCN(C(C)C)CC2)C1.CC(C)N1CCC(N(C)C2CCN(C)CC2)CC1.CC(C)N1CCN(C(=O)N2CC3CN(C(C)C)CC3C2)CC1.CC(C)OC1CC(N(CC2CCC(C(C)C)CC2)C(C)C)C1.CC(C)OC1CC(N(CC2CN(C(C)C)C2)C(C)C)C1.CC(C)c1ncc(-c2ccc(-c3ccc(-c4cnc(C(C)C)n4C)cc3)cc2)n1C. The van der Waals surface area contributed by atoms with Crippen LogP contribution in [0.1, 0.15) is 314 Å². The molecule has 0 bridgehead atoms. The standard InChI is InChI=1S/C26H30N4.C20H39NO.C17H32N4O.C17H34N2O.C15H31N3.C15H30N2.C2H6/c1-17(2)25-27-15-23(29(25)5)21-11-7-19(8-12-21)20-9-13-22(14-10-20)24-16-28-26(18(3)4)30(24)6;1-14(2)18-9-7-17(8-10-18)13-21(15(3)4)19-11-20(12-19)22-16(5)6;1-13(2)18-5-7-19(8-6-18)17(22)21-11-15-9-20(14(3)4)10-16(15)12-21;1-12(2)18-9-15(10-18)11-19(13(3)4)16-7-17(8-16)20-14(5)6;1-13(2)18-11-7-15(8-12-18)17(4)14-5-9-16(3)10-6-14;1-12(2)14-5-6-15(11-14)17-9-7-16(8-10-17)13(3)4;1-2/h7-18H,1-6H3;14-20H,7-13H2,1-6H3;13-16H,5-12H2,1-4H3;12-17H,7-11H2,1-6H3;13-15H,5-12H2,1-4H3;12-15H,5-11H2,1-4H3;1-2H3. The van der Waals surface area contributed by atoms with E-state index in [1.54, 1.807) is 0 Å². The molecule has 0 radical (unpaired) electrons. The molecule has 131 heavy (non-hydrogen) atoms. The third-order valence-corrected chi connectivity index (χ3v) is 32.5. The van der Waals surface area contributed by atoms with E-state index in [2.05, 4.69) is 335 Å². The Balaban J connectivity index is 0.000000178. The predicted octanol–water partition coefficient (Wildman–Crippen LogP) is 21.7. The molecule has 7 saturated heterocycles. The van der Waals surface area contributed by atoms with Crippen LogP contribution < -0.4 is 0 Å². The number of benzene rings is 2. The van der Waals surface area contributed by atoms with Crippen LogP contribution in [0.25, 0.3) is 33.6 Å². The van der Waals surface area contributed by atoms with E-state index >= 15 is 0 Å². The Kier molecular flexibility index (Phi) is 44.7. The number of piperazine rings is 2. The number of hydrogen-bond acceptors (Lipinski definition) is 15. The monoisotopic (exact) mass is 1820 g/mol. The Labute approximate surface area is 805 Å². The molecule has 2 aromatic heterocycles. The smallest absolute Gasteiger partial charge is 0.320 e. The largest absolute Gasteiger partial charge is 0.375 e. The van der Waals surface area contributed by atoms with Crippen LogP contribution in [0.2, 0.25) is 0 Å². The van der Waals surface area contributed by atoms with Gasteiger partial charge in [-0.15, -0.1) is 0 Å². The summed E-state index contributed by atoms with van der Waals surface area (Å²) < 4.78 is 16.2. The first kappa shape index (κ1) is 110. The van der Waals surface area contributed by atoms with Crippen molar-refractivity contribution in [2.45, 2.75) is 399 Å². The van der Waals surface area contributed by atoms with Crippen molar-refractivity contribution in [3.05, 3.63) is 72.6 Å². The van der Waals surface area contributed by atoms with Crippen LogP contribution in [-0.4, -0.2) is 326 Å². The van der Waals surface area contributed by atoms with E-state index in [1.165, 1.54) is 210 Å². The van der Waals surface area contributed by atoms with Crippen molar-refractivity contribution in [3.8, 4) is 33.6 Å². The van der Waals surface area contributed by atoms with E-state index in [-0.39, 0.29) is 6.03 Å². The lowest BCUT2D eigenvalue weighted by molar-refractivity contribution is -0.0905. The van der Waals surface area contributed by atoms with E-state index in [0.717, 1.165) is 140 Å². The Bertz CT molecular complexity index is 3680. The maximum absolute atomic E-state index is 12.7. The Morgan fingerprint density at radius 2 is 0.733 bits per heavy atom. The van der Waals surface area contributed by atoms with Gasteiger partial charge in [0, 0.05) is 203 Å². The molecule has 2 amide bonds. The number of piperidine rings is 2. The molecule has 2 aromatic carbocycles. The van der Waals surface area contributed by atoms with Gasteiger partial charge in [0.2, 0.25) is 0 Å². The molecule has 4 atom stereocenters. The van der Waals surface area contributed by atoms with E-state index in [0.29, 0.717) is 78.3 Å². The number of carbonyl (C=O) groups excluding carboxylic acids is 1. The summed E-state index contributed by atoms with van der Waals surface area (Å²) in [6.45, 7) is 86.8. The Hall–Kier alpha value is -4.35. The van der Waals surface area contributed by atoms with E-state index in [1.807, 2.05) is 26.2 Å². The van der Waals surface area contributed by atoms with Crippen molar-refractivity contribution >= 4 is 6.03 Å². The van der Waals surface area contributed by atoms with Crippen LogP contribution in [0, 0.1) is 47.3 Å². The maximum atomic E-state index is 12.7. The van der Waals surface area contributed by atoms with Gasteiger partial charge in [-0.3, -0.25) is 24.5 Å². The summed E-state index contributed by atoms with van der Waals surface area (Å²) >= 11 is 0. The predicted molar refractivity (Wildman–Crippen MR) is 557 cm³/mol. The minimum absolute atomic E-state index is 0.286. The average molecular weight is 1820 g/mol. The van der Waals surface area contributed by atoms with Gasteiger partial charge < -0.3 is 52.9 Å². The fourth-order valence-corrected chi connectivity index (χ4v) is 23.4. The van der Waals surface area contributed by atoms with Crippen molar-refractivity contribution in [2.24, 2.45) is 61.4 Å². The second-order valence-electron chi connectivity index (χ2n) is 46.0. The van der Waals surface area contributed by atoms with Crippen molar-refractivity contribution < 1.29 is 14.3 Å². The lowest BCUT2D eigenvalue weighted by Crippen LogP contribution is -2.58. The van der Waals surface area contributed by atoms with E-state index < -0.39 is 0 Å². The van der Waals surface area contributed by atoms with Gasteiger partial charge in [0.1, 0.15) is 11.6 Å². The maximum Gasteiger partial charge on any atom is 0.320 e. The number of nitrogens with zero attached hydrogens (tertiary/aromatic N) is 16. The van der Waals surface area contributed by atoms with Crippen LogP contribution in [-0.2, 0) is 23.6 Å². The number of imidazole rings is 2. The summed E-state index contributed by atoms with van der Waals surface area (Å²) in [7, 11) is 8.80. The van der Waals surface area contributed by atoms with Crippen LogP contribution in [0.3, 0.4) is 0 Å². The first-order valence-electron chi connectivity index (χ1n) is 54.2. The number of fused-ring (bicyclic) bond motifs is 1. The Morgan fingerprint density at radius 1 is 0.374 bits per heavy atom. The molecule has 4 unspecified atom stereocenters. The zero-order valence-electron chi connectivity index (χ0n) is 90.4. The zero-order chi connectivity index (χ0) is 95.9. The molecule has 4 aliphatic carbocycles. The highest BCUT2D eigenvalue weighted by Gasteiger charge is 2.45. The minimum atomic E-state index is 0.286. The summed E-state index contributed by atoms with van der Waals surface area (Å²) in [6.07, 6.45) is 26.3. The molecule has 4 saturated carbocycles. The van der Waals surface area contributed by atoms with Gasteiger partial charge in [-0.05, 0) is 331 Å². The number of hydrogen-bond donors (Lipinski definition) is 0. The number of aromatic nitrogens is 4. The van der Waals surface area contributed by atoms with Crippen molar-refractivity contribution in [1.82, 2.24) is 77.9 Å². The minimum Gasteiger partial charge on any atom is -0.375 e. The number of urea groups is 1. The average Bonchev–Trinajstić information content (AvgIpc) is 0.892. The van der Waals surface area contributed by atoms with Gasteiger partial charge in [-0.2, -0.15) is 0 Å². The molecule has 11 fully saturated rings.